The highest BCUT2D eigenvalue weighted by atomic mass is 16.2. The summed E-state index contributed by atoms with van der Waals surface area (Å²) in [6.45, 7) is 7.41. The predicted octanol–water partition coefficient (Wildman–Crippen LogP) is 0.585. The minimum atomic E-state index is -0.0258. The number of hydrogen-bond donors (Lipinski definition) is 2. The van der Waals surface area contributed by atoms with Gasteiger partial charge in [0.15, 0.2) is 0 Å². The van der Waals surface area contributed by atoms with Gasteiger partial charge in [-0.1, -0.05) is 13.8 Å². The van der Waals surface area contributed by atoms with Crippen LogP contribution in [0.3, 0.4) is 0 Å². The number of piperidine rings is 1. The molecule has 0 bridgehead atoms. The van der Waals surface area contributed by atoms with Crippen molar-refractivity contribution >= 4 is 5.91 Å². The summed E-state index contributed by atoms with van der Waals surface area (Å²) in [5.41, 5.74) is 0.0762. The van der Waals surface area contributed by atoms with E-state index in [-0.39, 0.29) is 17.4 Å². The summed E-state index contributed by atoms with van der Waals surface area (Å²) in [6.07, 6.45) is 3.38. The molecule has 0 saturated carbocycles. The third-order valence-corrected chi connectivity index (χ3v) is 4.13. The van der Waals surface area contributed by atoms with Gasteiger partial charge in [0.2, 0.25) is 5.91 Å². The molecule has 2 fully saturated rings. The minimum absolute atomic E-state index is 0.0258. The van der Waals surface area contributed by atoms with Crippen molar-refractivity contribution < 1.29 is 4.79 Å². The molecule has 2 aliphatic rings. The van der Waals surface area contributed by atoms with E-state index in [4.69, 9.17) is 0 Å². The van der Waals surface area contributed by atoms with Crippen LogP contribution in [0.25, 0.3) is 0 Å². The zero-order valence-corrected chi connectivity index (χ0v) is 11.3. The molecule has 2 N–H and O–H groups in total. The topological polar surface area (TPSA) is 44.4 Å². The third kappa shape index (κ3) is 2.99. The van der Waals surface area contributed by atoms with Gasteiger partial charge in [0.25, 0.3) is 0 Å². The van der Waals surface area contributed by atoms with Crippen LogP contribution in [0.4, 0.5) is 0 Å². The van der Waals surface area contributed by atoms with Crippen molar-refractivity contribution in [1.29, 1.82) is 0 Å². The molecule has 2 rings (SSSR count). The first-order chi connectivity index (χ1) is 7.99. The smallest absolute Gasteiger partial charge is 0.237 e. The lowest BCUT2D eigenvalue weighted by atomic mass is 9.77. The molecule has 17 heavy (non-hydrogen) atoms. The molecule has 0 aromatic heterocycles. The number of nitrogens with zero attached hydrogens (tertiary/aromatic N) is 1. The van der Waals surface area contributed by atoms with Gasteiger partial charge in [0.1, 0.15) is 0 Å². The highest BCUT2D eigenvalue weighted by molar-refractivity contribution is 5.83. The zero-order valence-electron chi connectivity index (χ0n) is 11.3. The number of amides is 1. The summed E-state index contributed by atoms with van der Waals surface area (Å²) in [5, 5.41) is 6.56. The Morgan fingerprint density at radius 3 is 2.82 bits per heavy atom. The van der Waals surface area contributed by atoms with Crippen LogP contribution in [0.5, 0.6) is 0 Å². The fraction of sp³-hybridized carbons (Fsp3) is 0.923. The predicted molar refractivity (Wildman–Crippen MR) is 68.9 cm³/mol. The maximum absolute atomic E-state index is 12.3. The van der Waals surface area contributed by atoms with Crippen LogP contribution in [0.2, 0.25) is 0 Å². The van der Waals surface area contributed by atoms with E-state index in [1.807, 2.05) is 0 Å². The molecule has 0 aromatic carbocycles. The average Bonchev–Trinajstić information content (AvgIpc) is 2.63. The molecule has 1 amide bonds. The Balaban J connectivity index is 1.90. The van der Waals surface area contributed by atoms with E-state index in [0.717, 1.165) is 32.5 Å². The first kappa shape index (κ1) is 12.8. The van der Waals surface area contributed by atoms with Crippen LogP contribution in [0.15, 0.2) is 0 Å². The van der Waals surface area contributed by atoms with E-state index in [1.54, 1.807) is 0 Å². The van der Waals surface area contributed by atoms with Gasteiger partial charge in [-0.15, -0.1) is 0 Å². The Hall–Kier alpha value is -0.610. The molecule has 0 aliphatic carbocycles. The summed E-state index contributed by atoms with van der Waals surface area (Å²) >= 11 is 0. The van der Waals surface area contributed by atoms with Crippen molar-refractivity contribution in [2.75, 3.05) is 26.7 Å². The monoisotopic (exact) mass is 239 g/mol. The minimum Gasteiger partial charge on any atom is -0.351 e. The van der Waals surface area contributed by atoms with E-state index in [1.165, 1.54) is 6.42 Å². The molecule has 98 valence electrons. The molecule has 4 heteroatoms. The lowest BCUT2D eigenvalue weighted by molar-refractivity contribution is -0.127. The summed E-state index contributed by atoms with van der Waals surface area (Å²) in [6, 6.07) is 0.314. The molecule has 4 nitrogen and oxygen atoms in total. The summed E-state index contributed by atoms with van der Waals surface area (Å²) < 4.78 is 0. The van der Waals surface area contributed by atoms with Gasteiger partial charge >= 0.3 is 0 Å². The van der Waals surface area contributed by atoms with E-state index in [0.29, 0.717) is 6.04 Å². The van der Waals surface area contributed by atoms with Gasteiger partial charge in [-0.3, -0.25) is 4.79 Å². The quantitative estimate of drug-likeness (QED) is 0.741. The zero-order chi connectivity index (χ0) is 12.5. The Labute approximate surface area is 104 Å². The molecular weight excluding hydrogens is 214 g/mol. The second-order valence-electron chi connectivity index (χ2n) is 6.24. The van der Waals surface area contributed by atoms with Crippen LogP contribution in [0.1, 0.15) is 33.1 Å². The second-order valence-corrected chi connectivity index (χ2v) is 6.24. The van der Waals surface area contributed by atoms with Crippen molar-refractivity contribution in [3.8, 4) is 0 Å². The van der Waals surface area contributed by atoms with Crippen LogP contribution >= 0.6 is 0 Å². The summed E-state index contributed by atoms with van der Waals surface area (Å²) in [4.78, 5) is 14.6. The van der Waals surface area contributed by atoms with Crippen LogP contribution in [0, 0.1) is 5.41 Å². The van der Waals surface area contributed by atoms with Crippen LogP contribution in [-0.4, -0.2) is 49.6 Å². The van der Waals surface area contributed by atoms with E-state index >= 15 is 0 Å². The maximum atomic E-state index is 12.3. The van der Waals surface area contributed by atoms with Gasteiger partial charge in [-0.05, 0) is 44.8 Å². The average molecular weight is 239 g/mol. The SMILES string of the molecule is CN1CCC(NC(=O)C2NCCCC2(C)C)C1. The highest BCUT2D eigenvalue weighted by Crippen LogP contribution is 2.30. The van der Waals surface area contributed by atoms with E-state index < -0.39 is 0 Å². The van der Waals surface area contributed by atoms with Crippen molar-refractivity contribution in [1.82, 2.24) is 15.5 Å². The fourth-order valence-electron chi connectivity index (χ4n) is 3.00. The number of nitrogens with one attached hydrogen (secondary N) is 2. The van der Waals surface area contributed by atoms with Gasteiger partial charge < -0.3 is 15.5 Å². The summed E-state index contributed by atoms with van der Waals surface area (Å²) in [7, 11) is 2.11. The number of carbonyl (C=O) groups is 1. The molecule has 0 aromatic rings. The fourth-order valence-corrected chi connectivity index (χ4v) is 3.00. The normalized spacial score (nSPS) is 33.6. The molecule has 2 heterocycles. The number of rotatable bonds is 2. The van der Waals surface area contributed by atoms with Gasteiger partial charge in [0, 0.05) is 12.6 Å². The highest BCUT2D eigenvalue weighted by Gasteiger charge is 2.38. The standard InChI is InChI=1S/C13H25N3O/c1-13(2)6-4-7-14-11(13)12(17)15-10-5-8-16(3)9-10/h10-11,14H,4-9H2,1-3H3,(H,15,17). The molecule has 2 aliphatic heterocycles. The Morgan fingerprint density at radius 2 is 2.24 bits per heavy atom. The van der Waals surface area contributed by atoms with Crippen LogP contribution < -0.4 is 10.6 Å². The van der Waals surface area contributed by atoms with E-state index in [9.17, 15) is 4.79 Å². The van der Waals surface area contributed by atoms with Crippen molar-refractivity contribution in [3.05, 3.63) is 0 Å². The van der Waals surface area contributed by atoms with Crippen LogP contribution in [-0.2, 0) is 4.79 Å². The number of likely N-dealkylation sites (tertiary alicyclic amines) is 1. The molecule has 2 saturated heterocycles. The van der Waals surface area contributed by atoms with Crippen molar-refractivity contribution in [2.45, 2.75) is 45.2 Å². The number of carbonyl (C=O) groups excluding carboxylic acids is 1. The second kappa shape index (κ2) is 4.94. The third-order valence-electron chi connectivity index (χ3n) is 4.13. The molecule has 0 spiro atoms. The van der Waals surface area contributed by atoms with Gasteiger partial charge in [-0.2, -0.15) is 0 Å². The Bertz CT molecular complexity index is 290. The molecule has 2 atom stereocenters. The Morgan fingerprint density at radius 1 is 1.47 bits per heavy atom. The number of hydrogen-bond acceptors (Lipinski definition) is 3. The summed E-state index contributed by atoms with van der Waals surface area (Å²) in [5.74, 6) is 0.190. The first-order valence-corrected chi connectivity index (χ1v) is 6.71. The van der Waals surface area contributed by atoms with Gasteiger partial charge in [-0.25, -0.2) is 0 Å². The maximum Gasteiger partial charge on any atom is 0.237 e. The van der Waals surface area contributed by atoms with E-state index in [2.05, 4.69) is 36.4 Å². The molecule has 0 radical (unpaired) electrons. The molecule has 2 unspecified atom stereocenters. The van der Waals surface area contributed by atoms with Crippen molar-refractivity contribution in [3.63, 3.8) is 0 Å². The van der Waals surface area contributed by atoms with Crippen molar-refractivity contribution in [2.24, 2.45) is 5.41 Å². The lowest BCUT2D eigenvalue weighted by Crippen LogP contribution is -2.57. The Kier molecular flexibility index (Phi) is 3.73. The largest absolute Gasteiger partial charge is 0.351 e. The van der Waals surface area contributed by atoms with Gasteiger partial charge in [0.05, 0.1) is 6.04 Å². The first-order valence-electron chi connectivity index (χ1n) is 6.71. The lowest BCUT2D eigenvalue weighted by Gasteiger charge is -2.38. The number of likely N-dealkylation sites (N-methyl/N-ethyl adjacent to an activating group) is 1. The molecular formula is C13H25N3O.